The quantitative estimate of drug-likeness (QED) is 0.688. The number of ether oxygens (including phenoxy) is 1. The van der Waals surface area contributed by atoms with E-state index in [1.54, 1.807) is 18.3 Å². The molecule has 0 bridgehead atoms. The summed E-state index contributed by atoms with van der Waals surface area (Å²) in [6.45, 7) is 3.93. The highest BCUT2D eigenvalue weighted by Crippen LogP contribution is 2.19. The summed E-state index contributed by atoms with van der Waals surface area (Å²) in [5.41, 5.74) is 1.73. The second-order valence-electron chi connectivity index (χ2n) is 7.22. The fraction of sp³-hybridized carbons (Fsp3) is 0.261. The standard InChI is InChI=1S/C23H24ClN3O3/c1-16(2)26-23(29)21-22(30-15-18-6-4-3-5-7-18)20(28)12-13-27(21)25-14-17-8-10-19(24)11-9-17/h3-14,16,21-22H,15H2,1-2H3,(H,26,29)/b25-14+. The van der Waals surface area contributed by atoms with Crippen molar-refractivity contribution in [2.75, 3.05) is 0 Å². The molecule has 2 unspecified atom stereocenters. The maximum Gasteiger partial charge on any atom is 0.248 e. The molecule has 156 valence electrons. The zero-order valence-electron chi connectivity index (χ0n) is 16.9. The maximum atomic E-state index is 12.9. The molecule has 7 heteroatoms. The summed E-state index contributed by atoms with van der Waals surface area (Å²) in [5, 5.41) is 9.36. The van der Waals surface area contributed by atoms with Crippen LogP contribution in [0.25, 0.3) is 0 Å². The first-order valence-corrected chi connectivity index (χ1v) is 10.1. The summed E-state index contributed by atoms with van der Waals surface area (Å²) in [5.74, 6) is -0.596. The SMILES string of the molecule is CC(C)NC(=O)C1C(OCc2ccccc2)C(=O)C=CN1/N=C/c1ccc(Cl)cc1. The number of hydrogen-bond donors (Lipinski definition) is 1. The van der Waals surface area contributed by atoms with E-state index in [0.29, 0.717) is 5.02 Å². The largest absolute Gasteiger partial charge is 0.363 e. The Kier molecular flexibility index (Phi) is 7.38. The van der Waals surface area contributed by atoms with Gasteiger partial charge in [-0.15, -0.1) is 0 Å². The first kappa shape index (κ1) is 21.7. The Labute approximate surface area is 181 Å². The highest BCUT2D eigenvalue weighted by atomic mass is 35.5. The molecule has 2 aromatic carbocycles. The molecule has 0 saturated heterocycles. The van der Waals surface area contributed by atoms with Gasteiger partial charge >= 0.3 is 0 Å². The van der Waals surface area contributed by atoms with Gasteiger partial charge in [0.1, 0.15) is 0 Å². The summed E-state index contributed by atoms with van der Waals surface area (Å²) in [7, 11) is 0. The Bertz CT molecular complexity index is 926. The molecular weight excluding hydrogens is 402 g/mol. The van der Waals surface area contributed by atoms with Gasteiger partial charge in [-0.25, -0.2) is 0 Å². The maximum absolute atomic E-state index is 12.9. The third kappa shape index (κ3) is 5.78. The van der Waals surface area contributed by atoms with Gasteiger partial charge in [-0.1, -0.05) is 54.1 Å². The molecular formula is C23H24ClN3O3. The molecule has 6 nitrogen and oxygen atoms in total. The first-order valence-electron chi connectivity index (χ1n) is 9.70. The average Bonchev–Trinajstić information content (AvgIpc) is 2.73. The molecule has 2 atom stereocenters. The molecule has 1 heterocycles. The van der Waals surface area contributed by atoms with E-state index in [0.717, 1.165) is 11.1 Å². The number of benzene rings is 2. The van der Waals surface area contributed by atoms with Crippen LogP contribution in [0.3, 0.4) is 0 Å². The number of carbonyl (C=O) groups excluding carboxylic acids is 2. The molecule has 0 aromatic heterocycles. The average molecular weight is 426 g/mol. The topological polar surface area (TPSA) is 71.0 Å². The molecule has 0 spiro atoms. The third-order valence-electron chi connectivity index (χ3n) is 4.43. The van der Waals surface area contributed by atoms with Crippen molar-refractivity contribution in [2.24, 2.45) is 5.10 Å². The van der Waals surface area contributed by atoms with E-state index in [9.17, 15) is 9.59 Å². The first-order chi connectivity index (χ1) is 14.4. The lowest BCUT2D eigenvalue weighted by Crippen LogP contribution is -2.56. The van der Waals surface area contributed by atoms with Crippen LogP contribution in [-0.2, 0) is 20.9 Å². The van der Waals surface area contributed by atoms with Gasteiger partial charge in [-0.2, -0.15) is 5.10 Å². The minimum Gasteiger partial charge on any atom is -0.363 e. The summed E-state index contributed by atoms with van der Waals surface area (Å²) in [6, 6.07) is 15.7. The smallest absolute Gasteiger partial charge is 0.248 e. The van der Waals surface area contributed by atoms with Gasteiger partial charge in [-0.3, -0.25) is 14.6 Å². The number of rotatable bonds is 7. The molecule has 0 aliphatic carbocycles. The number of ketones is 1. The fourth-order valence-electron chi connectivity index (χ4n) is 2.99. The van der Waals surface area contributed by atoms with E-state index in [1.165, 1.54) is 17.3 Å². The summed E-state index contributed by atoms with van der Waals surface area (Å²) >= 11 is 5.92. The second-order valence-corrected chi connectivity index (χ2v) is 7.66. The van der Waals surface area contributed by atoms with Crippen molar-refractivity contribution in [1.29, 1.82) is 0 Å². The Hall–Kier alpha value is -2.96. The number of nitrogens with zero attached hydrogens (tertiary/aromatic N) is 2. The van der Waals surface area contributed by atoms with Crippen molar-refractivity contribution in [3.05, 3.63) is 83.0 Å². The molecule has 1 amide bonds. The van der Waals surface area contributed by atoms with E-state index in [1.807, 2.05) is 56.3 Å². The van der Waals surface area contributed by atoms with Crippen LogP contribution in [0.2, 0.25) is 5.02 Å². The van der Waals surface area contributed by atoms with Crippen LogP contribution in [0.5, 0.6) is 0 Å². The van der Waals surface area contributed by atoms with Crippen molar-refractivity contribution < 1.29 is 14.3 Å². The minimum absolute atomic E-state index is 0.0876. The van der Waals surface area contributed by atoms with E-state index in [-0.39, 0.29) is 24.3 Å². The predicted molar refractivity (Wildman–Crippen MR) is 117 cm³/mol. The Morgan fingerprint density at radius 2 is 1.90 bits per heavy atom. The lowest BCUT2D eigenvalue weighted by Gasteiger charge is -2.34. The van der Waals surface area contributed by atoms with Gasteiger partial charge in [0.2, 0.25) is 5.91 Å². The van der Waals surface area contributed by atoms with Crippen LogP contribution in [-0.4, -0.2) is 41.1 Å². The molecule has 30 heavy (non-hydrogen) atoms. The van der Waals surface area contributed by atoms with Gasteiger partial charge in [0, 0.05) is 23.3 Å². The molecule has 1 N–H and O–H groups in total. The number of nitrogens with one attached hydrogen (secondary N) is 1. The summed E-state index contributed by atoms with van der Waals surface area (Å²) in [6.07, 6.45) is 3.52. The number of amides is 1. The number of halogens is 1. The molecule has 0 saturated carbocycles. The van der Waals surface area contributed by atoms with Gasteiger partial charge < -0.3 is 10.1 Å². The third-order valence-corrected chi connectivity index (χ3v) is 4.68. The monoisotopic (exact) mass is 425 g/mol. The molecule has 1 aliphatic heterocycles. The van der Waals surface area contributed by atoms with E-state index < -0.39 is 12.1 Å². The normalized spacial score (nSPS) is 18.9. The Morgan fingerprint density at radius 1 is 1.20 bits per heavy atom. The molecule has 0 radical (unpaired) electrons. The molecule has 2 aromatic rings. The van der Waals surface area contributed by atoms with Crippen molar-refractivity contribution in [3.8, 4) is 0 Å². The molecule has 3 rings (SSSR count). The van der Waals surface area contributed by atoms with Crippen LogP contribution in [0.4, 0.5) is 0 Å². The van der Waals surface area contributed by atoms with E-state index >= 15 is 0 Å². The van der Waals surface area contributed by atoms with E-state index in [2.05, 4.69) is 10.4 Å². The Morgan fingerprint density at radius 3 is 2.57 bits per heavy atom. The van der Waals surface area contributed by atoms with Crippen molar-refractivity contribution in [3.63, 3.8) is 0 Å². The van der Waals surface area contributed by atoms with Crippen LogP contribution in [0.15, 0.2) is 72.0 Å². The van der Waals surface area contributed by atoms with Gasteiger partial charge in [0.15, 0.2) is 17.9 Å². The molecule has 0 fully saturated rings. The van der Waals surface area contributed by atoms with Gasteiger partial charge in [0.25, 0.3) is 0 Å². The van der Waals surface area contributed by atoms with Crippen molar-refractivity contribution in [2.45, 2.75) is 38.6 Å². The fourth-order valence-corrected chi connectivity index (χ4v) is 3.11. The van der Waals surface area contributed by atoms with E-state index in [4.69, 9.17) is 16.3 Å². The van der Waals surface area contributed by atoms with Crippen LogP contribution >= 0.6 is 11.6 Å². The van der Waals surface area contributed by atoms with Crippen molar-refractivity contribution >= 4 is 29.5 Å². The lowest BCUT2D eigenvalue weighted by atomic mass is 10.0. The lowest BCUT2D eigenvalue weighted by molar-refractivity contribution is -0.143. The zero-order chi connectivity index (χ0) is 21.5. The summed E-state index contributed by atoms with van der Waals surface area (Å²) < 4.78 is 5.90. The van der Waals surface area contributed by atoms with Crippen LogP contribution in [0.1, 0.15) is 25.0 Å². The Balaban J connectivity index is 1.83. The highest BCUT2D eigenvalue weighted by Gasteiger charge is 2.40. The number of hydrazone groups is 1. The van der Waals surface area contributed by atoms with Gasteiger partial charge in [0.05, 0.1) is 12.8 Å². The second kappa shape index (κ2) is 10.2. The minimum atomic E-state index is -0.976. The predicted octanol–water partition coefficient (Wildman–Crippen LogP) is 3.55. The van der Waals surface area contributed by atoms with Crippen LogP contribution < -0.4 is 5.32 Å². The molecule has 1 aliphatic rings. The zero-order valence-corrected chi connectivity index (χ0v) is 17.6. The highest BCUT2D eigenvalue weighted by molar-refractivity contribution is 6.30. The summed E-state index contributed by atoms with van der Waals surface area (Å²) in [4.78, 5) is 25.5. The number of carbonyl (C=O) groups is 2. The van der Waals surface area contributed by atoms with Gasteiger partial charge in [-0.05, 0) is 37.1 Å². The van der Waals surface area contributed by atoms with Crippen molar-refractivity contribution in [1.82, 2.24) is 10.3 Å². The van der Waals surface area contributed by atoms with Crippen LogP contribution in [0, 0.1) is 0 Å². The number of hydrogen-bond acceptors (Lipinski definition) is 5.